The van der Waals surface area contributed by atoms with Crippen LogP contribution in [0.2, 0.25) is 0 Å². The molecule has 17 heteroatoms. The van der Waals surface area contributed by atoms with Crippen molar-refractivity contribution in [2.45, 2.75) is 64.9 Å². The van der Waals surface area contributed by atoms with E-state index >= 15 is 0 Å². The van der Waals surface area contributed by atoms with Crippen molar-refractivity contribution in [3.8, 4) is 5.75 Å². The standard InChI is InChI=1S/C43H69N9O8/c1-31(2)38(45-42(57)48(5)16-18-50-20-24-59-25-21-50)40(55)44-36(28-33-10-8-7-9-11-33)37(54)30-52(29-34-12-14-35(53)15-13-34)47-41(56)39(32(3)4)46-43(58)49(6)17-19-51-22-26-60-27-23-51/h7-15,31-32,36-39,53-54H,16-30H2,1-6H3,(H,44,55)(H,45,57)(H,46,58)(H,47,56)/t36-,37-,38-,39-/m0/s1. The number of amides is 6. The SMILES string of the molecule is CC(C)[C@H](NC(=O)N(C)CCN1CCOCC1)C(=O)N[C@@H](Cc1ccccc1)[C@@H](O)CN(Cc1ccc(O)cc1)NC(=O)[C@@H](NC(=O)N(C)CCN1CCOCC1)C(C)C. The van der Waals surface area contributed by atoms with Crippen molar-refractivity contribution >= 4 is 23.9 Å². The van der Waals surface area contributed by atoms with E-state index in [1.165, 1.54) is 12.1 Å². The number of hydrazine groups is 1. The van der Waals surface area contributed by atoms with Gasteiger partial charge in [-0.05, 0) is 41.5 Å². The summed E-state index contributed by atoms with van der Waals surface area (Å²) in [6.07, 6.45) is -0.960. The lowest BCUT2D eigenvalue weighted by molar-refractivity contribution is -0.131. The number of hydrogen-bond donors (Lipinski definition) is 6. The van der Waals surface area contributed by atoms with Gasteiger partial charge < -0.3 is 45.4 Å². The van der Waals surface area contributed by atoms with Crippen LogP contribution in [0.4, 0.5) is 9.59 Å². The molecule has 4 atom stereocenters. The summed E-state index contributed by atoms with van der Waals surface area (Å²) in [4.78, 5) is 62.3. The molecule has 0 spiro atoms. The molecule has 2 aliphatic heterocycles. The quantitative estimate of drug-likeness (QED) is 0.0995. The van der Waals surface area contributed by atoms with Crippen LogP contribution in [0.1, 0.15) is 38.8 Å². The van der Waals surface area contributed by atoms with E-state index in [0.717, 1.165) is 37.3 Å². The van der Waals surface area contributed by atoms with Gasteiger partial charge in [0, 0.05) is 79.5 Å². The Morgan fingerprint density at radius 3 is 1.65 bits per heavy atom. The van der Waals surface area contributed by atoms with Gasteiger partial charge in [0.2, 0.25) is 5.91 Å². The first-order valence-corrected chi connectivity index (χ1v) is 21.2. The minimum absolute atomic E-state index is 0.0791. The number of aliphatic hydroxyl groups is 1. The normalized spacial score (nSPS) is 17.1. The van der Waals surface area contributed by atoms with Gasteiger partial charge in [-0.3, -0.25) is 24.8 Å². The molecule has 4 rings (SSSR count). The lowest BCUT2D eigenvalue weighted by atomic mass is 9.98. The monoisotopic (exact) mass is 840 g/mol. The van der Waals surface area contributed by atoms with Crippen LogP contribution in [0.15, 0.2) is 54.6 Å². The van der Waals surface area contributed by atoms with Crippen molar-refractivity contribution in [2.75, 3.05) is 99.4 Å². The summed E-state index contributed by atoms with van der Waals surface area (Å²) >= 11 is 0. The minimum atomic E-state index is -1.22. The van der Waals surface area contributed by atoms with Crippen LogP contribution in [0.5, 0.6) is 5.75 Å². The fourth-order valence-electron chi connectivity index (χ4n) is 6.97. The number of benzene rings is 2. The van der Waals surface area contributed by atoms with E-state index in [4.69, 9.17) is 9.47 Å². The Kier molecular flexibility index (Phi) is 19.8. The molecule has 6 N–H and O–H groups in total. The summed E-state index contributed by atoms with van der Waals surface area (Å²) in [5.74, 6) is -1.41. The molecule has 17 nitrogen and oxygen atoms in total. The lowest BCUT2D eigenvalue weighted by Crippen LogP contribution is -2.60. The summed E-state index contributed by atoms with van der Waals surface area (Å²) in [5.41, 5.74) is 4.54. The first-order chi connectivity index (χ1) is 28.7. The third-order valence-electron chi connectivity index (χ3n) is 10.9. The Morgan fingerprint density at radius 1 is 0.683 bits per heavy atom. The van der Waals surface area contributed by atoms with Gasteiger partial charge in [0.05, 0.1) is 38.6 Å². The number of phenols is 1. The fraction of sp³-hybridized carbons (Fsp3) is 0.628. The number of aliphatic hydroxyl groups excluding tert-OH is 1. The van der Waals surface area contributed by atoms with E-state index in [1.807, 2.05) is 58.0 Å². The molecule has 0 unspecified atom stereocenters. The topological polar surface area (TPSA) is 192 Å². The van der Waals surface area contributed by atoms with Crippen LogP contribution < -0.4 is 21.4 Å². The van der Waals surface area contributed by atoms with Crippen molar-refractivity contribution in [2.24, 2.45) is 11.8 Å². The first kappa shape index (κ1) is 48.1. The van der Waals surface area contributed by atoms with Crippen molar-refractivity contribution in [3.05, 3.63) is 65.7 Å². The Morgan fingerprint density at radius 2 is 1.17 bits per heavy atom. The van der Waals surface area contributed by atoms with Gasteiger partial charge in [-0.2, -0.15) is 0 Å². The molecular weight excluding hydrogens is 771 g/mol. The van der Waals surface area contributed by atoms with Crippen LogP contribution in [0, 0.1) is 11.8 Å². The summed E-state index contributed by atoms with van der Waals surface area (Å²) in [6, 6.07) is 12.5. The second-order valence-electron chi connectivity index (χ2n) is 16.5. The van der Waals surface area contributed by atoms with Gasteiger partial charge >= 0.3 is 12.1 Å². The van der Waals surface area contributed by atoms with Crippen molar-refractivity contribution in [1.82, 2.24) is 46.0 Å². The molecule has 2 aliphatic rings. The number of morpholine rings is 2. The molecular formula is C43H69N9O8. The molecule has 2 aromatic rings. The van der Waals surface area contributed by atoms with Gasteiger partial charge in [0.1, 0.15) is 17.8 Å². The molecule has 2 heterocycles. The molecule has 2 fully saturated rings. The highest BCUT2D eigenvalue weighted by molar-refractivity contribution is 5.88. The molecule has 0 aliphatic carbocycles. The van der Waals surface area contributed by atoms with Gasteiger partial charge in [0.25, 0.3) is 5.91 Å². The molecule has 334 valence electrons. The predicted octanol–water partition coefficient (Wildman–Crippen LogP) is 1.31. The van der Waals surface area contributed by atoms with Crippen LogP contribution in [0.25, 0.3) is 0 Å². The Balaban J connectivity index is 1.48. The lowest BCUT2D eigenvalue weighted by Gasteiger charge is -2.34. The molecule has 60 heavy (non-hydrogen) atoms. The molecule has 0 aromatic heterocycles. The maximum Gasteiger partial charge on any atom is 0.317 e. The Hall–Kier alpha value is -4.52. The van der Waals surface area contributed by atoms with Crippen LogP contribution >= 0.6 is 0 Å². The maximum absolute atomic E-state index is 14.1. The average molecular weight is 840 g/mol. The average Bonchev–Trinajstić information content (AvgIpc) is 3.23. The van der Waals surface area contributed by atoms with Gasteiger partial charge in [-0.25, -0.2) is 14.6 Å². The highest BCUT2D eigenvalue weighted by Crippen LogP contribution is 2.15. The highest BCUT2D eigenvalue weighted by Gasteiger charge is 2.33. The largest absolute Gasteiger partial charge is 0.508 e. The van der Waals surface area contributed by atoms with Gasteiger partial charge in [-0.15, -0.1) is 0 Å². The van der Waals surface area contributed by atoms with Crippen molar-refractivity contribution in [1.29, 1.82) is 0 Å². The van der Waals surface area contributed by atoms with E-state index in [9.17, 15) is 29.4 Å². The number of aromatic hydroxyl groups is 1. The number of urea groups is 2. The predicted molar refractivity (Wildman–Crippen MR) is 229 cm³/mol. The third kappa shape index (κ3) is 16.2. The molecule has 0 saturated carbocycles. The van der Waals surface area contributed by atoms with Crippen molar-refractivity contribution in [3.63, 3.8) is 0 Å². The second kappa shape index (κ2) is 24.7. The number of hydrogen-bond acceptors (Lipinski definition) is 11. The molecule has 0 bridgehead atoms. The number of rotatable bonds is 21. The van der Waals surface area contributed by atoms with Crippen LogP contribution in [0.3, 0.4) is 0 Å². The number of ether oxygens (including phenoxy) is 2. The third-order valence-corrected chi connectivity index (χ3v) is 10.9. The Bertz CT molecular complexity index is 1610. The van der Waals surface area contributed by atoms with E-state index in [2.05, 4.69) is 31.2 Å². The number of phenolic OH excluding ortho intramolecular Hbond substituents is 1. The Labute approximate surface area is 355 Å². The van der Waals surface area contributed by atoms with Gasteiger partial charge in [0.15, 0.2) is 0 Å². The number of nitrogens with zero attached hydrogens (tertiary/aromatic N) is 5. The van der Waals surface area contributed by atoms with E-state index in [-0.39, 0.29) is 49.2 Å². The summed E-state index contributed by atoms with van der Waals surface area (Å²) in [5, 5.41) is 32.3. The highest BCUT2D eigenvalue weighted by atomic mass is 16.5. The van der Waals surface area contributed by atoms with E-state index in [1.54, 1.807) is 41.0 Å². The van der Waals surface area contributed by atoms with E-state index in [0.29, 0.717) is 52.6 Å². The maximum atomic E-state index is 14.1. The van der Waals surface area contributed by atoms with Crippen LogP contribution in [-0.4, -0.2) is 182 Å². The fourth-order valence-corrected chi connectivity index (χ4v) is 6.97. The smallest absolute Gasteiger partial charge is 0.317 e. The first-order valence-electron chi connectivity index (χ1n) is 21.2. The number of nitrogens with one attached hydrogen (secondary N) is 4. The zero-order chi connectivity index (χ0) is 43.6. The minimum Gasteiger partial charge on any atom is -0.508 e. The van der Waals surface area contributed by atoms with Crippen molar-refractivity contribution < 1.29 is 38.9 Å². The van der Waals surface area contributed by atoms with E-state index < -0.39 is 36.0 Å². The summed E-state index contributed by atoms with van der Waals surface area (Å²) in [6.45, 7) is 15.5. The second-order valence-corrected chi connectivity index (χ2v) is 16.5. The zero-order valence-electron chi connectivity index (χ0n) is 36.3. The summed E-state index contributed by atoms with van der Waals surface area (Å²) < 4.78 is 10.9. The number of likely N-dealkylation sites (N-methyl/N-ethyl adjacent to an activating group) is 2. The zero-order valence-corrected chi connectivity index (χ0v) is 36.3. The van der Waals surface area contributed by atoms with Gasteiger partial charge in [-0.1, -0.05) is 70.2 Å². The molecule has 2 aromatic carbocycles. The van der Waals surface area contributed by atoms with Crippen LogP contribution in [-0.2, 0) is 32.0 Å². The molecule has 2 saturated heterocycles. The molecule has 0 radical (unpaired) electrons. The number of carbonyl (C=O) groups excluding carboxylic acids is 4. The molecule has 6 amide bonds. The number of carbonyl (C=O) groups is 4. The summed E-state index contributed by atoms with van der Waals surface area (Å²) in [7, 11) is 3.39.